The first-order chi connectivity index (χ1) is 71.1. The zero-order valence-electron chi connectivity index (χ0n) is 81.7. The third-order valence-electron chi connectivity index (χ3n) is 27.0. The third-order valence-corrected chi connectivity index (χ3v) is 27.0. The topological polar surface area (TPSA) is 791 Å². The summed E-state index contributed by atoms with van der Waals surface area (Å²) < 4.78 is 160. The molecule has 0 aliphatic carbocycles. The van der Waals surface area contributed by atoms with Crippen LogP contribution in [0.25, 0.3) is 0 Å². The molecule has 0 radical (unpaired) electrons. The molecule has 0 spiro atoms. The van der Waals surface area contributed by atoms with Crippen molar-refractivity contribution in [3.8, 4) is 0 Å². The first kappa shape index (κ1) is 107. The summed E-state index contributed by atoms with van der Waals surface area (Å²) in [5.41, 5.74) is 1.65. The molecular formula is C85H124N24O40. The zero-order chi connectivity index (χ0) is 105. The molecule has 8 aromatic rings. The predicted molar refractivity (Wildman–Crippen MR) is 466 cm³/mol. The largest absolute Gasteiger partial charge is 0.387 e. The van der Waals surface area contributed by atoms with Crippen molar-refractivity contribution in [3.63, 3.8) is 0 Å². The Labute approximate surface area is 844 Å². The van der Waals surface area contributed by atoms with Gasteiger partial charge in [-0.2, -0.15) is 0 Å². The lowest BCUT2D eigenvalue weighted by atomic mass is 9.87. The highest BCUT2D eigenvalue weighted by atomic mass is 16.8. The van der Waals surface area contributed by atoms with Crippen LogP contribution >= 0.6 is 0 Å². The van der Waals surface area contributed by atoms with E-state index in [1.54, 1.807) is 124 Å². The Kier molecular flexibility index (Phi) is 32.0. The molecule has 64 nitrogen and oxygen atoms in total. The maximum absolute atomic E-state index is 10.5. The van der Waals surface area contributed by atoms with Crippen molar-refractivity contribution in [2.45, 2.75) is 405 Å². The van der Waals surface area contributed by atoms with Gasteiger partial charge in [0.1, 0.15) is 216 Å². The minimum absolute atomic E-state index is 0.0159. The Hall–Kier alpha value is -8.48. The number of aromatic nitrogens is 24. The molecule has 0 saturated carbocycles. The van der Waals surface area contributed by atoms with Crippen LogP contribution in [0.5, 0.6) is 0 Å². The van der Waals surface area contributed by atoms with E-state index in [9.17, 15) is 81.7 Å². The van der Waals surface area contributed by atoms with Crippen LogP contribution in [-0.4, -0.2) is 472 Å². The molecule has 824 valence electrons. The smallest absolute Gasteiger partial charge is 0.187 e. The average Bonchev–Trinajstić information content (AvgIpc) is 1.62. The number of aliphatic hydroxyl groups excluding tert-OH is 16. The third kappa shape index (κ3) is 24.6. The van der Waals surface area contributed by atoms with E-state index in [4.69, 9.17) is 135 Å². The second kappa shape index (κ2) is 44.4. The first-order valence-electron chi connectivity index (χ1n) is 48.6. The van der Waals surface area contributed by atoms with Crippen LogP contribution in [-0.2, 0) is 219 Å². The fraction of sp³-hybridized carbons (Fsp3) is 0.812. The number of ether oxygens (including phenoxy) is 24. The standard InChI is InChI=1S/C85H124N24O40/c1-81(2)142-65-45(17-102-9-37(86-94-102)21-126-29-49-53(110)57(114)61(118)73(122)134-49)138-77(69(65)146-81)130-25-41-13-106(98-90-41)33-85(34-107-14-42(91-99-107)26-131-78-70-66(143-82(3,4)147-70)46(139-78)18-103-10-38(87-95-103)22-127-30-50-54(111)58(115)62(119)74(123)135-50,35-108-15-43(92-100-108)27-132-79-71-67(144-83(5,6)148-71)47(140-79)19-104-11-39(88-96-104)23-128-31-51-55(112)59(116)63(120)75(124)136-51)36-109-16-44(93-101-109)28-133-80-72-68(145-84(7,8)149-72)48(141-80)20-105-12-40(89-97-105)24-129-32-52-56(113)60(117)64(121)76(125)137-52/h9-16,45-80,110-125H,17-36H2,1-8H3/t45-,46-,47-,48-,49-,50-,51-,52-,53+,54+,55+,56+,57+,58+,59+,60+,61-,62-,63-,64-,65-,66-,67-,68-,69-,70-,71-,72-,73?,74?,75?,76?,77-,78-,79-,80-,85?/m1/s1. The van der Waals surface area contributed by atoms with E-state index in [1.807, 2.05) is 0 Å². The van der Waals surface area contributed by atoms with Crippen molar-refractivity contribution in [1.29, 1.82) is 0 Å². The maximum Gasteiger partial charge on any atom is 0.187 e. The molecule has 4 unspecified atom stereocenters. The van der Waals surface area contributed by atoms with Gasteiger partial charge in [0.15, 0.2) is 73.5 Å². The van der Waals surface area contributed by atoms with Crippen molar-refractivity contribution in [2.24, 2.45) is 5.41 Å². The van der Waals surface area contributed by atoms with Gasteiger partial charge in [-0.15, -0.1) is 40.8 Å². The Bertz CT molecular complexity index is 5030. The molecule has 0 amide bonds. The second-order valence-corrected chi connectivity index (χ2v) is 40.7. The van der Waals surface area contributed by atoms with Crippen LogP contribution in [0.3, 0.4) is 0 Å². The van der Waals surface area contributed by atoms with Gasteiger partial charge >= 0.3 is 0 Å². The van der Waals surface area contributed by atoms with Gasteiger partial charge in [-0.1, -0.05) is 41.7 Å². The van der Waals surface area contributed by atoms with Gasteiger partial charge in [-0.05, 0) is 55.4 Å². The molecule has 12 saturated heterocycles. The molecule has 0 aromatic carbocycles. The van der Waals surface area contributed by atoms with Gasteiger partial charge in [0.2, 0.25) is 0 Å². The van der Waals surface area contributed by atoms with Crippen LogP contribution in [0.2, 0.25) is 0 Å². The van der Waals surface area contributed by atoms with Crippen LogP contribution < -0.4 is 0 Å². The highest BCUT2D eigenvalue weighted by molar-refractivity contribution is 5.07. The van der Waals surface area contributed by atoms with Crippen molar-refractivity contribution >= 4 is 0 Å². The van der Waals surface area contributed by atoms with E-state index in [0.717, 1.165) is 0 Å². The summed E-state index contributed by atoms with van der Waals surface area (Å²) in [6.07, 6.45) is -30.8. The molecule has 36 atom stereocenters. The number of fused-ring (bicyclic) bond motifs is 4. The van der Waals surface area contributed by atoms with E-state index in [2.05, 4.69) is 61.6 Å². The van der Waals surface area contributed by atoms with E-state index >= 15 is 0 Å². The number of aliphatic hydroxyl groups is 16. The van der Waals surface area contributed by atoms with Crippen LogP contribution in [0.1, 0.15) is 101 Å². The number of nitrogens with zero attached hydrogens (tertiary/aromatic N) is 24. The maximum atomic E-state index is 10.5. The number of rotatable bonds is 44. The number of hydrogen-bond donors (Lipinski definition) is 16. The van der Waals surface area contributed by atoms with Gasteiger partial charge in [-0.3, -0.25) is 18.7 Å². The lowest BCUT2D eigenvalue weighted by molar-refractivity contribution is -0.289. The lowest BCUT2D eigenvalue weighted by Crippen LogP contribution is -2.58. The molecule has 0 bridgehead atoms. The van der Waals surface area contributed by atoms with E-state index in [1.165, 1.54) is 18.7 Å². The van der Waals surface area contributed by atoms with Crippen molar-refractivity contribution in [1.82, 2.24) is 120 Å². The molecule has 8 aromatic heterocycles. The fourth-order valence-corrected chi connectivity index (χ4v) is 20.1. The minimum Gasteiger partial charge on any atom is -0.387 e. The number of hydrogen-bond acceptors (Lipinski definition) is 56. The van der Waals surface area contributed by atoms with Crippen LogP contribution in [0, 0.1) is 5.41 Å². The summed E-state index contributed by atoms with van der Waals surface area (Å²) in [5.74, 6) is -4.31. The molecule has 12 aliphatic heterocycles. The molecular weight excluding hydrogens is 2000 g/mol. The summed E-state index contributed by atoms with van der Waals surface area (Å²) >= 11 is 0. The van der Waals surface area contributed by atoms with Crippen LogP contribution in [0.15, 0.2) is 49.6 Å². The summed E-state index contributed by atoms with van der Waals surface area (Å²) in [5, 5.41) is 234. The van der Waals surface area contributed by atoms with Gasteiger partial charge in [0, 0.05) is 5.41 Å². The molecule has 20 rings (SSSR count). The quantitative estimate of drug-likeness (QED) is 0.0169. The van der Waals surface area contributed by atoms with Crippen molar-refractivity contribution in [3.05, 3.63) is 95.1 Å². The Morgan fingerprint density at radius 2 is 0.409 bits per heavy atom. The summed E-state index contributed by atoms with van der Waals surface area (Å²) in [4.78, 5) is 0. The minimum atomic E-state index is -1.75. The Morgan fingerprint density at radius 1 is 0.228 bits per heavy atom. The molecule has 16 N–H and O–H groups in total. The first-order valence-corrected chi connectivity index (χ1v) is 48.6. The van der Waals surface area contributed by atoms with E-state index in [-0.39, 0.29) is 132 Å². The van der Waals surface area contributed by atoms with Crippen molar-refractivity contribution < 1.29 is 195 Å². The van der Waals surface area contributed by atoms with Gasteiger partial charge < -0.3 is 195 Å². The second-order valence-electron chi connectivity index (χ2n) is 40.7. The zero-order valence-corrected chi connectivity index (χ0v) is 81.7. The van der Waals surface area contributed by atoms with Gasteiger partial charge in [-0.25, -0.2) is 18.7 Å². The predicted octanol–water partition coefficient (Wildman–Crippen LogP) is -11.4. The summed E-state index contributed by atoms with van der Waals surface area (Å²) in [6.45, 7) is 12.3. The summed E-state index contributed by atoms with van der Waals surface area (Å²) in [6, 6.07) is 0. The average molecular weight is 2120 g/mol. The lowest BCUT2D eigenvalue weighted by Gasteiger charge is -2.38. The monoisotopic (exact) mass is 2120 g/mol. The summed E-state index contributed by atoms with van der Waals surface area (Å²) in [7, 11) is 0. The highest BCUT2D eigenvalue weighted by Gasteiger charge is 2.62. The molecule has 12 aliphatic rings. The Morgan fingerprint density at radius 3 is 0.617 bits per heavy atom. The Balaban J connectivity index is 0.551. The molecule has 20 heterocycles. The fourth-order valence-electron chi connectivity index (χ4n) is 20.1. The molecule has 149 heavy (non-hydrogen) atoms. The SMILES string of the molecule is CC1(C)O[C@H]2[C@H](OCc3cn(CC(Cn4cc(CO[C@@H]5O[C@H](Cn6cc(COC[C@H]7OC(O)[C@H](O)[C@@H](O)[C@H]7O)nn6)[C@H]6OC(C)(C)O[C@@H]56)nn4)(Cn4cc(CO[C@@H]5O[C@H](Cn6cc(COC[C@H]7OC(O)[C@H](O)[C@@H](O)[C@H]7O)nn6)[C@H]6OC(C)(C)O[C@@H]56)nn4)Cn4cc(CO[C@@H]5O[C@H](Cn6cc(COC[C@H]7OC(O)[C@H](O)[C@@H](O)[C@H]7O)nn6)[C@H]6OC(C)(C)O[C@@H]56)nn4)nn3)O[C@H](Cn3cc(COC[C@H]4OC(O)[C@H](O)[C@@H](O)[C@H]4O)nn3)[C@H]2O1. The highest BCUT2D eigenvalue weighted by Crippen LogP contribution is 2.46. The van der Waals surface area contributed by atoms with E-state index in [0.29, 0.717) is 45.6 Å². The molecule has 12 fully saturated rings. The van der Waals surface area contributed by atoms with Crippen molar-refractivity contribution in [2.75, 3.05) is 26.4 Å². The van der Waals surface area contributed by atoms with Gasteiger partial charge in [0.25, 0.3) is 0 Å². The van der Waals surface area contributed by atoms with Gasteiger partial charge in [0.05, 0.1) is 181 Å². The molecule has 64 heteroatoms. The van der Waals surface area contributed by atoms with Crippen LogP contribution in [0.4, 0.5) is 0 Å². The normalized spacial score (nSPS) is 37.9. The van der Waals surface area contributed by atoms with E-state index < -0.39 is 250 Å².